The zero-order valence-electron chi connectivity index (χ0n) is 6.69. The highest BCUT2D eigenvalue weighted by molar-refractivity contribution is 5.93. The van der Waals surface area contributed by atoms with Gasteiger partial charge in [-0.25, -0.2) is 4.79 Å². The first-order valence-corrected chi connectivity index (χ1v) is 3.49. The molecule has 0 aliphatic heterocycles. The number of esters is 1. The average Bonchev–Trinajstić information content (AvgIpc) is 2.18. The van der Waals surface area contributed by atoms with E-state index in [1.165, 1.54) is 12.1 Å². The maximum absolute atomic E-state index is 11.0. The molecule has 0 atom stereocenters. The highest BCUT2D eigenvalue weighted by Gasteiger charge is 2.06. The van der Waals surface area contributed by atoms with Crippen molar-refractivity contribution in [2.75, 3.05) is 5.43 Å². The van der Waals surface area contributed by atoms with Gasteiger partial charge in [-0.15, -0.1) is 0 Å². The highest BCUT2D eigenvalue weighted by atomic mass is 16.6. The second-order valence-corrected chi connectivity index (χ2v) is 2.23. The zero-order chi connectivity index (χ0) is 9.68. The van der Waals surface area contributed by atoms with Gasteiger partial charge < -0.3 is 10.2 Å². The molecule has 0 saturated carbocycles. The molecule has 1 rings (SSSR count). The van der Waals surface area contributed by atoms with E-state index in [0.29, 0.717) is 5.69 Å². The third kappa shape index (κ3) is 2.28. The Morgan fingerprint density at radius 1 is 1.54 bits per heavy atom. The zero-order valence-corrected chi connectivity index (χ0v) is 6.69. The molecule has 1 aromatic rings. The summed E-state index contributed by atoms with van der Waals surface area (Å²) in [4.78, 5) is 20.9. The van der Waals surface area contributed by atoms with Crippen LogP contribution in [0, 0.1) is 0 Å². The predicted octanol–water partition coefficient (Wildman–Crippen LogP) is 0.285. The second kappa shape index (κ2) is 4.22. The summed E-state index contributed by atoms with van der Waals surface area (Å²) in [7, 11) is 0. The van der Waals surface area contributed by atoms with Crippen molar-refractivity contribution >= 4 is 18.1 Å². The molecule has 5 heteroatoms. The van der Waals surface area contributed by atoms with Crippen LogP contribution in [0.25, 0.3) is 0 Å². The van der Waals surface area contributed by atoms with Crippen molar-refractivity contribution in [1.82, 2.24) is 0 Å². The largest absolute Gasteiger partial charge is 0.392 e. The smallest absolute Gasteiger partial charge is 0.345 e. The van der Waals surface area contributed by atoms with Crippen LogP contribution in [0.5, 0.6) is 0 Å². The lowest BCUT2D eigenvalue weighted by Gasteiger charge is -2.01. The predicted molar refractivity (Wildman–Crippen MR) is 45.7 cm³/mol. The third-order valence-corrected chi connectivity index (χ3v) is 1.42. The van der Waals surface area contributed by atoms with E-state index in [9.17, 15) is 9.59 Å². The molecule has 0 amide bonds. The molecule has 0 unspecified atom stereocenters. The van der Waals surface area contributed by atoms with E-state index in [0.717, 1.165) is 0 Å². The number of benzene rings is 1. The number of rotatable bonds is 3. The molecule has 0 bridgehead atoms. The minimum Gasteiger partial charge on any atom is -0.392 e. The Kier molecular flexibility index (Phi) is 2.99. The summed E-state index contributed by atoms with van der Waals surface area (Å²) < 4.78 is 4.14. The molecule has 3 N–H and O–H groups in total. The van der Waals surface area contributed by atoms with Crippen molar-refractivity contribution in [3.8, 4) is 0 Å². The molecule has 0 aliphatic rings. The number of nitrogens with one attached hydrogen (secondary N) is 1. The average molecular weight is 180 g/mol. The number of carbonyl (C=O) groups excluding carboxylic acids is 2. The van der Waals surface area contributed by atoms with Crippen LogP contribution in [0.15, 0.2) is 24.3 Å². The fraction of sp³-hybridized carbons (Fsp3) is 0. The Hall–Kier alpha value is -1.88. The van der Waals surface area contributed by atoms with Gasteiger partial charge in [0.1, 0.15) is 0 Å². The Balaban J connectivity index is 2.87. The lowest BCUT2D eigenvalue weighted by Crippen LogP contribution is -2.08. The van der Waals surface area contributed by atoms with Crippen LogP contribution in [0.2, 0.25) is 0 Å². The Morgan fingerprint density at radius 3 is 2.92 bits per heavy atom. The summed E-state index contributed by atoms with van der Waals surface area (Å²) in [6, 6.07) is 6.30. The van der Waals surface area contributed by atoms with Crippen molar-refractivity contribution < 1.29 is 14.3 Å². The summed E-state index contributed by atoms with van der Waals surface area (Å²) in [6.45, 7) is 0.0882. The van der Waals surface area contributed by atoms with Crippen LogP contribution in [-0.4, -0.2) is 12.4 Å². The van der Waals surface area contributed by atoms with Gasteiger partial charge in [0.05, 0.1) is 5.56 Å². The number of nitrogens with two attached hydrogens (primary N) is 1. The van der Waals surface area contributed by atoms with Crippen LogP contribution < -0.4 is 11.3 Å². The lowest BCUT2D eigenvalue weighted by molar-refractivity contribution is -0.123. The first-order chi connectivity index (χ1) is 6.27. The molecule has 68 valence electrons. The van der Waals surface area contributed by atoms with E-state index < -0.39 is 5.97 Å². The van der Waals surface area contributed by atoms with Crippen LogP contribution in [0.4, 0.5) is 5.69 Å². The van der Waals surface area contributed by atoms with E-state index in [4.69, 9.17) is 5.84 Å². The highest BCUT2D eigenvalue weighted by Crippen LogP contribution is 2.09. The summed E-state index contributed by atoms with van der Waals surface area (Å²) in [6.07, 6.45) is 0. The fourth-order valence-electron chi connectivity index (χ4n) is 0.848. The van der Waals surface area contributed by atoms with Gasteiger partial charge in [-0.05, 0) is 18.2 Å². The van der Waals surface area contributed by atoms with E-state index >= 15 is 0 Å². The summed E-state index contributed by atoms with van der Waals surface area (Å²) in [5.41, 5.74) is 3.20. The van der Waals surface area contributed by atoms with Crippen molar-refractivity contribution in [2.45, 2.75) is 0 Å². The topological polar surface area (TPSA) is 81.4 Å². The van der Waals surface area contributed by atoms with E-state index in [-0.39, 0.29) is 12.0 Å². The maximum Gasteiger partial charge on any atom is 0.345 e. The molecule has 0 heterocycles. The molecule has 5 nitrogen and oxygen atoms in total. The number of hydrogen-bond acceptors (Lipinski definition) is 5. The Morgan fingerprint density at radius 2 is 2.31 bits per heavy atom. The number of nitrogen functional groups attached to an aromatic ring is 1. The SMILES string of the molecule is NNc1cccc(C(=O)OC=O)c1. The standard InChI is InChI=1S/C8H8N2O3/c9-10-7-3-1-2-6(4-7)8(12)13-5-11/h1-5,10H,9H2. The Labute approximate surface area is 74.5 Å². The van der Waals surface area contributed by atoms with Gasteiger partial charge in [0.25, 0.3) is 0 Å². The van der Waals surface area contributed by atoms with Crippen LogP contribution in [-0.2, 0) is 9.53 Å². The molecule has 0 fully saturated rings. The number of carbonyl (C=O) groups is 2. The monoisotopic (exact) mass is 180 g/mol. The number of anilines is 1. The number of ether oxygens (including phenoxy) is 1. The summed E-state index contributed by atoms with van der Waals surface area (Å²) in [5, 5.41) is 0. The van der Waals surface area contributed by atoms with Crippen molar-refractivity contribution in [3.63, 3.8) is 0 Å². The van der Waals surface area contributed by atoms with Gasteiger partial charge in [0, 0.05) is 5.69 Å². The second-order valence-electron chi connectivity index (χ2n) is 2.23. The van der Waals surface area contributed by atoms with Crippen LogP contribution in [0.1, 0.15) is 10.4 Å². The van der Waals surface area contributed by atoms with Crippen LogP contribution >= 0.6 is 0 Å². The van der Waals surface area contributed by atoms with E-state index in [1.54, 1.807) is 12.1 Å². The summed E-state index contributed by atoms with van der Waals surface area (Å²) >= 11 is 0. The lowest BCUT2D eigenvalue weighted by atomic mass is 10.2. The van der Waals surface area contributed by atoms with Gasteiger partial charge in [-0.2, -0.15) is 0 Å². The molecule has 0 aliphatic carbocycles. The van der Waals surface area contributed by atoms with Gasteiger partial charge in [0.2, 0.25) is 0 Å². The van der Waals surface area contributed by atoms with E-state index in [1.807, 2.05) is 0 Å². The van der Waals surface area contributed by atoms with Gasteiger partial charge in [-0.3, -0.25) is 10.6 Å². The van der Waals surface area contributed by atoms with E-state index in [2.05, 4.69) is 10.2 Å². The third-order valence-electron chi connectivity index (χ3n) is 1.42. The number of hydrazine groups is 1. The van der Waals surface area contributed by atoms with Gasteiger partial charge >= 0.3 is 12.4 Å². The molecule has 0 radical (unpaired) electrons. The molecule has 0 spiro atoms. The first kappa shape index (κ1) is 9.21. The molecular formula is C8H8N2O3. The van der Waals surface area contributed by atoms with Crippen molar-refractivity contribution in [1.29, 1.82) is 0 Å². The van der Waals surface area contributed by atoms with Crippen LogP contribution in [0.3, 0.4) is 0 Å². The Bertz CT molecular complexity index is 325. The molecule has 1 aromatic carbocycles. The number of hydrogen-bond donors (Lipinski definition) is 2. The normalized spacial score (nSPS) is 9.00. The fourth-order valence-corrected chi connectivity index (χ4v) is 0.848. The molecular weight excluding hydrogens is 172 g/mol. The molecule has 0 aromatic heterocycles. The minimum atomic E-state index is -0.702. The molecule has 0 saturated heterocycles. The quantitative estimate of drug-likeness (QED) is 0.229. The van der Waals surface area contributed by atoms with Gasteiger partial charge in [0.15, 0.2) is 0 Å². The van der Waals surface area contributed by atoms with Crippen molar-refractivity contribution in [3.05, 3.63) is 29.8 Å². The van der Waals surface area contributed by atoms with Crippen molar-refractivity contribution in [2.24, 2.45) is 5.84 Å². The first-order valence-electron chi connectivity index (χ1n) is 3.49. The molecule has 13 heavy (non-hydrogen) atoms. The maximum atomic E-state index is 11.0. The minimum absolute atomic E-state index is 0.0882. The van der Waals surface area contributed by atoms with Gasteiger partial charge in [-0.1, -0.05) is 6.07 Å². The summed E-state index contributed by atoms with van der Waals surface area (Å²) in [5.74, 6) is 4.42.